The van der Waals surface area contributed by atoms with Crippen LogP contribution in [-0.2, 0) is 0 Å². The number of aryl methyl sites for hydroxylation is 2. The van der Waals surface area contributed by atoms with Crippen LogP contribution in [0, 0.1) is 19.7 Å². The molecule has 3 unspecified atom stereocenters. The van der Waals surface area contributed by atoms with E-state index >= 15 is 0 Å². The third kappa shape index (κ3) is 5.17. The van der Waals surface area contributed by atoms with Gasteiger partial charge in [-0.05, 0) is 51.7 Å². The molecule has 12 heteroatoms. The number of aromatic nitrogens is 7. The van der Waals surface area contributed by atoms with Gasteiger partial charge in [0, 0.05) is 80.1 Å². The molecule has 4 aromatic heterocycles. The molecule has 2 bridgehead atoms. The number of pyridine rings is 1. The van der Waals surface area contributed by atoms with Crippen LogP contribution in [0.15, 0.2) is 42.9 Å². The van der Waals surface area contributed by atoms with E-state index < -0.39 is 0 Å². The average Bonchev–Trinajstić information content (AvgIpc) is 3.60. The second kappa shape index (κ2) is 10.5. The molecule has 41 heavy (non-hydrogen) atoms. The number of piperidine rings is 2. The highest BCUT2D eigenvalue weighted by Crippen LogP contribution is 2.41. The molecule has 8 heterocycles. The van der Waals surface area contributed by atoms with Crippen LogP contribution in [0.4, 0.5) is 22.0 Å². The minimum Gasteiger partial charge on any atom is -0.341 e. The van der Waals surface area contributed by atoms with Crippen molar-refractivity contribution in [2.75, 3.05) is 36.4 Å². The molecule has 0 saturated carbocycles. The number of halogens is 1. The van der Waals surface area contributed by atoms with Gasteiger partial charge in [-0.2, -0.15) is 15.2 Å². The smallest absolute Gasteiger partial charge is 0.227 e. The molecule has 0 aliphatic carbocycles. The summed E-state index contributed by atoms with van der Waals surface area (Å²) in [7, 11) is 0. The van der Waals surface area contributed by atoms with E-state index in [4.69, 9.17) is 9.97 Å². The third-order valence-corrected chi connectivity index (χ3v) is 8.83. The quantitative estimate of drug-likeness (QED) is 0.351. The van der Waals surface area contributed by atoms with E-state index in [1.54, 1.807) is 0 Å². The molecular weight excluding hydrogens is 521 g/mol. The van der Waals surface area contributed by atoms with Gasteiger partial charge in [-0.1, -0.05) is 6.07 Å². The molecule has 3 atom stereocenters. The second-order valence-electron chi connectivity index (χ2n) is 11.6. The fourth-order valence-electron chi connectivity index (χ4n) is 6.78. The van der Waals surface area contributed by atoms with Gasteiger partial charge in [0.1, 0.15) is 5.82 Å². The van der Waals surface area contributed by atoms with Crippen LogP contribution in [0.3, 0.4) is 0 Å². The number of nitrogens with one attached hydrogen (secondary N) is 2. The van der Waals surface area contributed by atoms with E-state index in [1.165, 1.54) is 29.1 Å². The molecule has 0 aromatic carbocycles. The zero-order chi connectivity index (χ0) is 28.1. The van der Waals surface area contributed by atoms with Crippen LogP contribution in [0.1, 0.15) is 49.2 Å². The predicted molar refractivity (Wildman–Crippen MR) is 154 cm³/mol. The van der Waals surface area contributed by atoms with Gasteiger partial charge in [0.05, 0.1) is 12.4 Å². The Bertz CT molecular complexity index is 1500. The Morgan fingerprint density at radius 3 is 2.46 bits per heavy atom. The van der Waals surface area contributed by atoms with Gasteiger partial charge in [-0.25, -0.2) is 19.0 Å². The lowest BCUT2D eigenvalue weighted by Gasteiger charge is -2.60. The molecule has 8 rings (SSSR count). The maximum absolute atomic E-state index is 13.3. The van der Waals surface area contributed by atoms with Crippen LogP contribution in [0.2, 0.25) is 0 Å². The largest absolute Gasteiger partial charge is 0.341 e. The average molecular weight is 558 g/mol. The first kappa shape index (κ1) is 26.0. The van der Waals surface area contributed by atoms with Crippen LogP contribution in [0.5, 0.6) is 0 Å². The van der Waals surface area contributed by atoms with Gasteiger partial charge < -0.3 is 10.2 Å². The number of fused-ring (bicyclic) bond motifs is 2. The van der Waals surface area contributed by atoms with E-state index in [9.17, 15) is 4.39 Å². The molecule has 4 saturated heterocycles. The fourth-order valence-corrected chi connectivity index (χ4v) is 6.78. The summed E-state index contributed by atoms with van der Waals surface area (Å²) in [6, 6.07) is 9.97. The Hall–Kier alpha value is -3.90. The summed E-state index contributed by atoms with van der Waals surface area (Å²) >= 11 is 0. The Kier molecular flexibility index (Phi) is 6.66. The molecule has 0 spiro atoms. The van der Waals surface area contributed by atoms with Gasteiger partial charge in [0.15, 0.2) is 17.5 Å². The summed E-state index contributed by atoms with van der Waals surface area (Å²) < 4.78 is 14.8. The fraction of sp³-hybridized carbons (Fsp3) is 0.483. The molecule has 4 aromatic rings. The number of rotatable bonds is 7. The van der Waals surface area contributed by atoms with Gasteiger partial charge in [0.25, 0.3) is 0 Å². The Balaban J connectivity index is 0.940. The van der Waals surface area contributed by atoms with Crippen molar-refractivity contribution in [2.45, 2.75) is 64.2 Å². The lowest BCUT2D eigenvalue weighted by molar-refractivity contribution is -0.106. The number of hydrogen-bond donors (Lipinski definition) is 2. The molecule has 0 radical (unpaired) electrons. The highest BCUT2D eigenvalue weighted by atomic mass is 19.1. The maximum atomic E-state index is 13.3. The van der Waals surface area contributed by atoms with Crippen LogP contribution >= 0.6 is 0 Å². The van der Waals surface area contributed by atoms with Crippen molar-refractivity contribution >= 4 is 17.6 Å². The van der Waals surface area contributed by atoms with Crippen LogP contribution in [0.25, 0.3) is 5.82 Å². The Morgan fingerprint density at radius 2 is 1.80 bits per heavy atom. The summed E-state index contributed by atoms with van der Waals surface area (Å²) in [6.45, 7) is 10.4. The lowest BCUT2D eigenvalue weighted by atomic mass is 9.83. The SMILES string of the molecule is Cc1cc(Nc2cc(C)[nH]n2)nc(N2CCC(N3CC4CC(C3)N4C(C)c3ccc(-n4cc(F)cn4)nc3)CC2)n1. The van der Waals surface area contributed by atoms with Crippen LogP contribution < -0.4 is 10.2 Å². The zero-order valence-electron chi connectivity index (χ0n) is 23.7. The van der Waals surface area contributed by atoms with E-state index in [0.29, 0.717) is 30.0 Å². The van der Waals surface area contributed by atoms with Crippen molar-refractivity contribution in [2.24, 2.45) is 0 Å². The van der Waals surface area contributed by atoms with E-state index in [2.05, 4.69) is 53.3 Å². The van der Waals surface area contributed by atoms with Crippen molar-refractivity contribution < 1.29 is 4.39 Å². The van der Waals surface area contributed by atoms with E-state index in [-0.39, 0.29) is 5.82 Å². The van der Waals surface area contributed by atoms with Crippen molar-refractivity contribution in [3.63, 3.8) is 0 Å². The highest BCUT2D eigenvalue weighted by Gasteiger charge is 2.48. The number of hydrogen-bond acceptors (Lipinski definition) is 9. The van der Waals surface area contributed by atoms with Gasteiger partial charge in [-0.3, -0.25) is 14.9 Å². The monoisotopic (exact) mass is 557 g/mol. The lowest BCUT2D eigenvalue weighted by Crippen LogP contribution is -2.70. The van der Waals surface area contributed by atoms with Gasteiger partial charge in [-0.15, -0.1) is 0 Å². The number of nitrogens with zero attached hydrogens (tertiary/aromatic N) is 9. The molecule has 4 aliphatic heterocycles. The summed E-state index contributed by atoms with van der Waals surface area (Å²) in [5, 5.41) is 14.5. The summed E-state index contributed by atoms with van der Waals surface area (Å²) in [5.74, 6) is 2.58. The van der Waals surface area contributed by atoms with Crippen LogP contribution in [-0.4, -0.2) is 89.0 Å². The normalized spacial score (nSPS) is 22.5. The first-order chi connectivity index (χ1) is 19.9. The summed E-state index contributed by atoms with van der Waals surface area (Å²) in [5.41, 5.74) is 3.13. The Morgan fingerprint density at radius 1 is 1.00 bits per heavy atom. The van der Waals surface area contributed by atoms with Crippen molar-refractivity contribution in [3.05, 3.63) is 65.6 Å². The second-order valence-corrected chi connectivity index (χ2v) is 11.6. The minimum absolute atomic E-state index is 0.297. The first-order valence-corrected chi connectivity index (χ1v) is 14.5. The van der Waals surface area contributed by atoms with Crippen molar-refractivity contribution in [3.8, 4) is 5.82 Å². The number of H-pyrrole nitrogens is 1. The Labute approximate surface area is 238 Å². The number of piperazine rings is 1. The van der Waals surface area contributed by atoms with Gasteiger partial charge >= 0.3 is 0 Å². The van der Waals surface area contributed by atoms with Crippen molar-refractivity contribution in [1.29, 1.82) is 0 Å². The van der Waals surface area contributed by atoms with Gasteiger partial charge in [0.2, 0.25) is 5.95 Å². The zero-order valence-corrected chi connectivity index (χ0v) is 23.7. The standard InChI is InChI=1S/C29H36FN11/c1-18-10-26(34-27-11-19(2)36-37-27)35-29(33-18)38-8-6-23(7-9-38)39-16-24-12-25(17-39)41(24)20(3)21-4-5-28(31-13-21)40-15-22(30)14-32-40/h4-5,10-11,13-15,20,23-25H,6-9,12,16-17H2,1-3H3,(H2,33,34,35,36,37). The summed E-state index contributed by atoms with van der Waals surface area (Å²) in [6.07, 6.45) is 7.95. The molecule has 11 nitrogen and oxygen atoms in total. The minimum atomic E-state index is -0.362. The molecule has 0 amide bonds. The number of aromatic amines is 1. The number of anilines is 3. The summed E-state index contributed by atoms with van der Waals surface area (Å²) in [4.78, 5) is 21.8. The topological polar surface area (TPSA) is 107 Å². The highest BCUT2D eigenvalue weighted by molar-refractivity contribution is 5.54. The molecule has 4 fully saturated rings. The first-order valence-electron chi connectivity index (χ1n) is 14.5. The van der Waals surface area contributed by atoms with E-state index in [1.807, 2.05) is 38.2 Å². The maximum Gasteiger partial charge on any atom is 0.227 e. The van der Waals surface area contributed by atoms with Crippen molar-refractivity contribution in [1.82, 2.24) is 44.7 Å². The third-order valence-electron chi connectivity index (χ3n) is 8.83. The molecule has 2 N–H and O–H groups in total. The molecule has 214 valence electrons. The molecular formula is C29H36FN11. The van der Waals surface area contributed by atoms with E-state index in [0.717, 1.165) is 68.0 Å². The molecule has 4 aliphatic rings. The predicted octanol–water partition coefficient (Wildman–Crippen LogP) is 3.77.